The molecule has 1 atom stereocenters. The molecule has 20 heavy (non-hydrogen) atoms. The summed E-state index contributed by atoms with van der Waals surface area (Å²) in [6.07, 6.45) is 1.00. The number of hydrogen-bond donors (Lipinski definition) is 0. The van der Waals surface area contributed by atoms with E-state index in [4.69, 9.17) is 4.74 Å². The normalized spacial score (nSPS) is 20.4. The van der Waals surface area contributed by atoms with Crippen molar-refractivity contribution in [1.82, 2.24) is 4.90 Å². The maximum Gasteiger partial charge on any atom is 0.270 e. The molecule has 108 valence electrons. The summed E-state index contributed by atoms with van der Waals surface area (Å²) in [6, 6.07) is 5.88. The Balaban J connectivity index is 2.03. The predicted molar refractivity (Wildman–Crippen MR) is 73.9 cm³/mol. The van der Waals surface area contributed by atoms with Crippen LogP contribution in [0.15, 0.2) is 24.3 Å². The molecule has 1 fully saturated rings. The lowest BCUT2D eigenvalue weighted by molar-refractivity contribution is -0.384. The summed E-state index contributed by atoms with van der Waals surface area (Å²) >= 11 is 0. The van der Waals surface area contributed by atoms with Gasteiger partial charge < -0.3 is 4.74 Å². The smallest absolute Gasteiger partial charge is 0.270 e. The number of Topliss-reactive ketones (excluding diaryl/α,β-unsaturated/α-hetero) is 1. The van der Waals surface area contributed by atoms with Crippen LogP contribution in [0.25, 0.3) is 0 Å². The number of carbonyl (C=O) groups excluding carboxylic acids is 1. The third-order valence-corrected chi connectivity index (χ3v) is 3.28. The van der Waals surface area contributed by atoms with Gasteiger partial charge in [0.05, 0.1) is 17.6 Å². The number of hydrogen-bond acceptors (Lipinski definition) is 5. The van der Waals surface area contributed by atoms with Gasteiger partial charge in [0.25, 0.3) is 5.69 Å². The Kier molecular flexibility index (Phi) is 4.81. The standard InChI is InChI=1S/C14H18N2O4/c1-11-9-15(6-3-7-20-11)10-14(17)12-4-2-5-13(8-12)16(18)19/h2,4-5,8,11H,3,6-7,9-10H2,1H3. The van der Waals surface area contributed by atoms with Gasteiger partial charge in [-0.25, -0.2) is 0 Å². The van der Waals surface area contributed by atoms with Gasteiger partial charge in [0.1, 0.15) is 0 Å². The Bertz CT molecular complexity index is 504. The topological polar surface area (TPSA) is 72.7 Å². The van der Waals surface area contributed by atoms with Crippen LogP contribution < -0.4 is 0 Å². The average Bonchev–Trinajstić information content (AvgIpc) is 2.63. The Morgan fingerprint density at radius 1 is 1.55 bits per heavy atom. The first kappa shape index (κ1) is 14.6. The number of nitro benzene ring substituents is 1. The summed E-state index contributed by atoms with van der Waals surface area (Å²) in [7, 11) is 0. The molecule has 2 rings (SSSR count). The molecule has 0 amide bonds. The van der Waals surface area contributed by atoms with Gasteiger partial charge >= 0.3 is 0 Å². The average molecular weight is 278 g/mol. The van der Waals surface area contributed by atoms with Crippen LogP contribution in [0.3, 0.4) is 0 Å². The highest BCUT2D eigenvalue weighted by Crippen LogP contribution is 2.14. The molecule has 0 aromatic heterocycles. The molecule has 6 heteroatoms. The van der Waals surface area contributed by atoms with E-state index in [0.717, 1.165) is 13.0 Å². The van der Waals surface area contributed by atoms with Gasteiger partial charge in [0, 0.05) is 37.4 Å². The lowest BCUT2D eigenvalue weighted by atomic mass is 10.1. The van der Waals surface area contributed by atoms with E-state index < -0.39 is 4.92 Å². The molecular formula is C14H18N2O4. The maximum absolute atomic E-state index is 12.2. The van der Waals surface area contributed by atoms with Crippen LogP contribution in [0.5, 0.6) is 0 Å². The van der Waals surface area contributed by atoms with Crippen molar-refractivity contribution < 1.29 is 14.5 Å². The molecule has 1 heterocycles. The fraction of sp³-hybridized carbons (Fsp3) is 0.500. The van der Waals surface area contributed by atoms with Crippen molar-refractivity contribution in [3.63, 3.8) is 0 Å². The van der Waals surface area contributed by atoms with Crippen molar-refractivity contribution in [1.29, 1.82) is 0 Å². The van der Waals surface area contributed by atoms with Crippen molar-refractivity contribution in [2.24, 2.45) is 0 Å². The van der Waals surface area contributed by atoms with E-state index in [-0.39, 0.29) is 24.1 Å². The van der Waals surface area contributed by atoms with Crippen LogP contribution >= 0.6 is 0 Å². The molecule has 1 aliphatic rings. The number of nitrogens with zero attached hydrogens (tertiary/aromatic N) is 2. The number of ketones is 1. The molecule has 0 saturated carbocycles. The van der Waals surface area contributed by atoms with E-state index in [9.17, 15) is 14.9 Å². The van der Waals surface area contributed by atoms with Crippen molar-refractivity contribution in [2.45, 2.75) is 19.4 Å². The van der Waals surface area contributed by atoms with Gasteiger partial charge in [-0.15, -0.1) is 0 Å². The fourth-order valence-corrected chi connectivity index (χ4v) is 2.31. The second-order valence-corrected chi connectivity index (χ2v) is 5.00. The van der Waals surface area contributed by atoms with Crippen molar-refractivity contribution in [3.8, 4) is 0 Å². The first-order valence-corrected chi connectivity index (χ1v) is 6.68. The van der Waals surface area contributed by atoms with Gasteiger partial charge in [0.2, 0.25) is 0 Å². The molecule has 1 saturated heterocycles. The molecule has 1 unspecified atom stereocenters. The molecule has 1 aromatic carbocycles. The molecule has 0 spiro atoms. The zero-order valence-corrected chi connectivity index (χ0v) is 11.4. The highest BCUT2D eigenvalue weighted by atomic mass is 16.6. The van der Waals surface area contributed by atoms with Gasteiger partial charge in [-0.3, -0.25) is 19.8 Å². The molecular weight excluding hydrogens is 260 g/mol. The third kappa shape index (κ3) is 3.85. The van der Waals surface area contributed by atoms with Gasteiger partial charge in [-0.2, -0.15) is 0 Å². The SMILES string of the molecule is CC1CN(CC(=O)c2cccc([N+](=O)[O-])c2)CCCO1. The Hall–Kier alpha value is -1.79. The second-order valence-electron chi connectivity index (χ2n) is 5.00. The molecule has 0 bridgehead atoms. The van der Waals surface area contributed by atoms with E-state index >= 15 is 0 Å². The van der Waals surface area contributed by atoms with Crippen molar-refractivity contribution >= 4 is 11.5 Å². The quantitative estimate of drug-likeness (QED) is 0.477. The molecule has 6 nitrogen and oxygen atoms in total. The summed E-state index contributed by atoms with van der Waals surface area (Å²) in [5.41, 5.74) is 0.334. The maximum atomic E-state index is 12.2. The lowest BCUT2D eigenvalue weighted by Crippen LogP contribution is -2.34. The van der Waals surface area contributed by atoms with E-state index in [1.807, 2.05) is 11.8 Å². The highest BCUT2D eigenvalue weighted by Gasteiger charge is 2.19. The minimum absolute atomic E-state index is 0.0524. The van der Waals surface area contributed by atoms with Crippen molar-refractivity contribution in [3.05, 3.63) is 39.9 Å². The van der Waals surface area contributed by atoms with Crippen molar-refractivity contribution in [2.75, 3.05) is 26.2 Å². The first-order chi connectivity index (χ1) is 9.56. The zero-order valence-electron chi connectivity index (χ0n) is 11.4. The van der Waals surface area contributed by atoms with Crippen LogP contribution in [0, 0.1) is 10.1 Å². The molecule has 0 aliphatic carbocycles. The molecule has 1 aliphatic heterocycles. The van der Waals surface area contributed by atoms with Gasteiger partial charge in [-0.1, -0.05) is 12.1 Å². The van der Waals surface area contributed by atoms with Crippen LogP contribution in [0.1, 0.15) is 23.7 Å². The fourth-order valence-electron chi connectivity index (χ4n) is 2.31. The molecule has 1 aromatic rings. The number of carbonyl (C=O) groups is 1. The minimum Gasteiger partial charge on any atom is -0.377 e. The van der Waals surface area contributed by atoms with Crippen LogP contribution in [0.4, 0.5) is 5.69 Å². The number of ether oxygens (including phenoxy) is 1. The van der Waals surface area contributed by atoms with Crippen LogP contribution in [0.2, 0.25) is 0 Å². The number of benzene rings is 1. The lowest BCUT2D eigenvalue weighted by Gasteiger charge is -2.20. The Labute approximate surface area is 117 Å². The van der Waals surface area contributed by atoms with E-state index in [0.29, 0.717) is 18.7 Å². The number of nitro groups is 1. The largest absolute Gasteiger partial charge is 0.377 e. The summed E-state index contributed by atoms with van der Waals surface area (Å²) in [5.74, 6) is -0.0946. The van der Waals surface area contributed by atoms with E-state index in [2.05, 4.69) is 0 Å². The summed E-state index contributed by atoms with van der Waals surface area (Å²) in [5, 5.41) is 10.7. The Morgan fingerprint density at radius 3 is 3.10 bits per heavy atom. The minimum atomic E-state index is -0.487. The summed E-state index contributed by atoms with van der Waals surface area (Å²) < 4.78 is 5.53. The number of non-ortho nitro benzene ring substituents is 1. The zero-order chi connectivity index (χ0) is 14.5. The third-order valence-electron chi connectivity index (χ3n) is 3.28. The number of rotatable bonds is 4. The summed E-state index contributed by atoms with van der Waals surface area (Å²) in [6.45, 7) is 4.49. The highest BCUT2D eigenvalue weighted by molar-refractivity contribution is 5.98. The molecule has 0 N–H and O–H groups in total. The monoisotopic (exact) mass is 278 g/mol. The molecule has 0 radical (unpaired) electrons. The second kappa shape index (κ2) is 6.58. The Morgan fingerprint density at radius 2 is 2.35 bits per heavy atom. The van der Waals surface area contributed by atoms with Gasteiger partial charge in [0.15, 0.2) is 5.78 Å². The van der Waals surface area contributed by atoms with E-state index in [1.54, 1.807) is 12.1 Å². The van der Waals surface area contributed by atoms with Gasteiger partial charge in [-0.05, 0) is 13.3 Å². The van der Waals surface area contributed by atoms with Crippen LogP contribution in [-0.4, -0.2) is 48.0 Å². The summed E-state index contributed by atoms with van der Waals surface area (Å²) in [4.78, 5) is 24.5. The van der Waals surface area contributed by atoms with Crippen LogP contribution in [-0.2, 0) is 4.74 Å². The first-order valence-electron chi connectivity index (χ1n) is 6.68. The predicted octanol–water partition coefficient (Wildman–Crippen LogP) is 1.89. The van der Waals surface area contributed by atoms with E-state index in [1.165, 1.54) is 12.1 Å².